The minimum absolute atomic E-state index is 0.00258. The second-order valence-electron chi connectivity index (χ2n) is 7.07. The summed E-state index contributed by atoms with van der Waals surface area (Å²) in [5, 5.41) is 2.75. The SMILES string of the molecule is O=C(CCC1CCN(C(=O)C2=CCCC2)CC1)Nc1ccc(F)c(Cl)c1. The van der Waals surface area contributed by atoms with Gasteiger partial charge < -0.3 is 10.2 Å². The number of amides is 2. The van der Waals surface area contributed by atoms with E-state index >= 15 is 0 Å². The summed E-state index contributed by atoms with van der Waals surface area (Å²) < 4.78 is 13.1. The number of hydrogen-bond acceptors (Lipinski definition) is 2. The van der Waals surface area contributed by atoms with E-state index in [9.17, 15) is 14.0 Å². The van der Waals surface area contributed by atoms with E-state index in [1.165, 1.54) is 18.2 Å². The molecule has 1 aliphatic heterocycles. The van der Waals surface area contributed by atoms with Gasteiger partial charge in [-0.2, -0.15) is 0 Å². The standard InChI is InChI=1S/C20H24ClFN2O2/c21-17-13-16(6-7-18(17)22)23-19(25)8-5-14-9-11-24(12-10-14)20(26)15-3-1-2-4-15/h3,6-7,13-14H,1-2,4-5,8-12H2,(H,23,25). The van der Waals surface area contributed by atoms with Gasteiger partial charge in [-0.05, 0) is 62.6 Å². The molecule has 1 aliphatic carbocycles. The average molecular weight is 379 g/mol. The molecule has 2 aliphatic rings. The monoisotopic (exact) mass is 378 g/mol. The molecule has 4 nitrogen and oxygen atoms in total. The Labute approximate surface area is 158 Å². The second kappa shape index (κ2) is 8.67. The number of nitrogens with one attached hydrogen (secondary N) is 1. The van der Waals surface area contributed by atoms with Crippen molar-refractivity contribution in [1.29, 1.82) is 0 Å². The molecule has 1 fully saturated rings. The Morgan fingerprint density at radius 1 is 1.27 bits per heavy atom. The molecule has 2 amide bonds. The molecule has 1 N–H and O–H groups in total. The highest BCUT2D eigenvalue weighted by molar-refractivity contribution is 6.31. The van der Waals surface area contributed by atoms with Gasteiger partial charge in [0.25, 0.3) is 0 Å². The summed E-state index contributed by atoms with van der Waals surface area (Å²) in [7, 11) is 0. The van der Waals surface area contributed by atoms with Crippen LogP contribution >= 0.6 is 11.6 Å². The van der Waals surface area contributed by atoms with E-state index < -0.39 is 5.82 Å². The van der Waals surface area contributed by atoms with Crippen LogP contribution in [0.1, 0.15) is 44.9 Å². The highest BCUT2D eigenvalue weighted by Gasteiger charge is 2.25. The number of nitrogens with zero attached hydrogens (tertiary/aromatic N) is 1. The number of likely N-dealkylation sites (tertiary alicyclic amines) is 1. The molecule has 0 aromatic heterocycles. The topological polar surface area (TPSA) is 49.4 Å². The Hall–Kier alpha value is -1.88. The van der Waals surface area contributed by atoms with Crippen LogP contribution in [0.4, 0.5) is 10.1 Å². The van der Waals surface area contributed by atoms with Crippen molar-refractivity contribution in [3.63, 3.8) is 0 Å². The number of hydrogen-bond donors (Lipinski definition) is 1. The van der Waals surface area contributed by atoms with Crippen molar-refractivity contribution in [3.05, 3.63) is 40.7 Å². The fourth-order valence-corrected chi connectivity index (χ4v) is 3.81. The van der Waals surface area contributed by atoms with Crippen molar-refractivity contribution in [2.24, 2.45) is 5.92 Å². The van der Waals surface area contributed by atoms with Crippen LogP contribution in [-0.4, -0.2) is 29.8 Å². The van der Waals surface area contributed by atoms with Gasteiger partial charge in [0.2, 0.25) is 11.8 Å². The minimum Gasteiger partial charge on any atom is -0.339 e. The van der Waals surface area contributed by atoms with Crippen LogP contribution in [0, 0.1) is 11.7 Å². The molecule has 1 heterocycles. The maximum atomic E-state index is 13.1. The van der Waals surface area contributed by atoms with E-state index in [0.29, 0.717) is 18.0 Å². The molecule has 0 radical (unpaired) electrons. The molecule has 0 spiro atoms. The Morgan fingerprint density at radius 2 is 2.04 bits per heavy atom. The van der Waals surface area contributed by atoms with Crippen LogP contribution in [-0.2, 0) is 9.59 Å². The molecule has 0 bridgehead atoms. The van der Waals surface area contributed by atoms with E-state index in [0.717, 1.165) is 57.2 Å². The largest absolute Gasteiger partial charge is 0.339 e. The Bertz CT molecular complexity index is 712. The lowest BCUT2D eigenvalue weighted by molar-refractivity contribution is -0.128. The number of carbonyl (C=O) groups excluding carboxylic acids is 2. The summed E-state index contributed by atoms with van der Waals surface area (Å²) >= 11 is 5.72. The van der Waals surface area contributed by atoms with Gasteiger partial charge in [-0.25, -0.2) is 4.39 Å². The Kier molecular flexibility index (Phi) is 6.30. The first kappa shape index (κ1) is 18.9. The Morgan fingerprint density at radius 3 is 2.69 bits per heavy atom. The quantitative estimate of drug-likeness (QED) is 0.817. The molecule has 6 heteroatoms. The summed E-state index contributed by atoms with van der Waals surface area (Å²) in [5.74, 6) is 0.0627. The van der Waals surface area contributed by atoms with Gasteiger partial charge in [0.05, 0.1) is 5.02 Å². The van der Waals surface area contributed by atoms with Crippen LogP contribution in [0.15, 0.2) is 29.8 Å². The summed E-state index contributed by atoms with van der Waals surface area (Å²) in [6, 6.07) is 4.15. The lowest BCUT2D eigenvalue weighted by atomic mass is 9.91. The summed E-state index contributed by atoms with van der Waals surface area (Å²) in [6.45, 7) is 1.55. The highest BCUT2D eigenvalue weighted by atomic mass is 35.5. The van der Waals surface area contributed by atoms with Crippen LogP contribution < -0.4 is 5.32 Å². The molecule has 0 atom stereocenters. The molecule has 3 rings (SSSR count). The van der Waals surface area contributed by atoms with Crippen molar-refractivity contribution in [2.75, 3.05) is 18.4 Å². The van der Waals surface area contributed by atoms with Crippen LogP contribution in [0.2, 0.25) is 5.02 Å². The van der Waals surface area contributed by atoms with E-state index in [4.69, 9.17) is 11.6 Å². The lowest BCUT2D eigenvalue weighted by Gasteiger charge is -2.32. The first-order valence-electron chi connectivity index (χ1n) is 9.26. The van der Waals surface area contributed by atoms with E-state index in [1.807, 2.05) is 4.90 Å². The van der Waals surface area contributed by atoms with Gasteiger partial charge in [0.15, 0.2) is 0 Å². The van der Waals surface area contributed by atoms with E-state index in [1.54, 1.807) is 0 Å². The smallest absolute Gasteiger partial charge is 0.249 e. The normalized spacial score (nSPS) is 17.9. The number of allylic oxidation sites excluding steroid dienone is 1. The third-order valence-electron chi connectivity index (χ3n) is 5.20. The molecule has 0 saturated carbocycles. The summed E-state index contributed by atoms with van der Waals surface area (Å²) in [6.07, 6.45) is 8.18. The van der Waals surface area contributed by atoms with Crippen LogP contribution in [0.3, 0.4) is 0 Å². The van der Waals surface area contributed by atoms with Crippen LogP contribution in [0.25, 0.3) is 0 Å². The maximum Gasteiger partial charge on any atom is 0.249 e. The van der Waals surface area contributed by atoms with Crippen molar-refractivity contribution >= 4 is 29.1 Å². The molecule has 140 valence electrons. The average Bonchev–Trinajstić information content (AvgIpc) is 3.18. The fourth-order valence-electron chi connectivity index (χ4n) is 3.63. The van der Waals surface area contributed by atoms with Gasteiger partial charge in [0, 0.05) is 30.8 Å². The number of carbonyl (C=O) groups is 2. The molecule has 1 aromatic carbocycles. The highest BCUT2D eigenvalue weighted by Crippen LogP contribution is 2.26. The maximum absolute atomic E-state index is 13.1. The second-order valence-corrected chi connectivity index (χ2v) is 7.48. The molecule has 1 aromatic rings. The van der Waals surface area contributed by atoms with Crippen molar-refractivity contribution < 1.29 is 14.0 Å². The van der Waals surface area contributed by atoms with Crippen molar-refractivity contribution in [1.82, 2.24) is 4.90 Å². The van der Waals surface area contributed by atoms with E-state index in [-0.39, 0.29) is 16.8 Å². The zero-order valence-electron chi connectivity index (χ0n) is 14.8. The zero-order valence-corrected chi connectivity index (χ0v) is 15.5. The predicted octanol–water partition coefficient (Wildman–Crippen LogP) is 4.55. The fraction of sp³-hybridized carbons (Fsp3) is 0.500. The number of benzene rings is 1. The van der Waals surface area contributed by atoms with Crippen molar-refractivity contribution in [2.45, 2.75) is 44.9 Å². The predicted molar refractivity (Wildman–Crippen MR) is 101 cm³/mol. The van der Waals surface area contributed by atoms with Gasteiger partial charge in [0.1, 0.15) is 5.82 Å². The van der Waals surface area contributed by atoms with Crippen molar-refractivity contribution in [3.8, 4) is 0 Å². The first-order valence-corrected chi connectivity index (χ1v) is 9.64. The number of piperidine rings is 1. The third-order valence-corrected chi connectivity index (χ3v) is 5.49. The molecule has 1 saturated heterocycles. The number of rotatable bonds is 5. The summed E-state index contributed by atoms with van der Waals surface area (Å²) in [5.41, 5.74) is 1.48. The van der Waals surface area contributed by atoms with Gasteiger partial charge >= 0.3 is 0 Å². The lowest BCUT2D eigenvalue weighted by Crippen LogP contribution is -2.39. The molecular weight excluding hydrogens is 355 g/mol. The van der Waals surface area contributed by atoms with E-state index in [2.05, 4.69) is 11.4 Å². The summed E-state index contributed by atoms with van der Waals surface area (Å²) in [4.78, 5) is 26.4. The first-order chi connectivity index (χ1) is 12.5. The van der Waals surface area contributed by atoms with Gasteiger partial charge in [-0.1, -0.05) is 17.7 Å². The Balaban J connectivity index is 1.39. The molecule has 26 heavy (non-hydrogen) atoms. The third kappa shape index (κ3) is 4.85. The number of halogens is 2. The minimum atomic E-state index is -0.501. The molecular formula is C20H24ClFN2O2. The number of anilines is 1. The molecule has 0 unspecified atom stereocenters. The van der Waals surface area contributed by atoms with Crippen LogP contribution in [0.5, 0.6) is 0 Å². The van der Waals surface area contributed by atoms with Gasteiger partial charge in [-0.15, -0.1) is 0 Å². The zero-order chi connectivity index (χ0) is 18.5. The van der Waals surface area contributed by atoms with Gasteiger partial charge in [-0.3, -0.25) is 9.59 Å².